The first-order valence-electron chi connectivity index (χ1n) is 5.26. The van der Waals surface area contributed by atoms with E-state index in [0.29, 0.717) is 5.02 Å². The quantitative estimate of drug-likeness (QED) is 0.815. The van der Waals surface area contributed by atoms with E-state index in [1.807, 2.05) is 0 Å². The maximum absolute atomic E-state index is 12.2. The van der Waals surface area contributed by atoms with Crippen LogP contribution in [0.15, 0.2) is 41.3 Å². The molecule has 2 N–H and O–H groups in total. The fraction of sp³-hybridized carbons (Fsp3) is 0. The van der Waals surface area contributed by atoms with E-state index in [9.17, 15) is 13.5 Å². The molecular formula is C12H8Cl3NO3S. The third-order valence-electron chi connectivity index (χ3n) is 2.39. The van der Waals surface area contributed by atoms with Crippen LogP contribution in [0.5, 0.6) is 5.75 Å². The highest BCUT2D eigenvalue weighted by Crippen LogP contribution is 2.31. The third-order valence-corrected chi connectivity index (χ3v) is 4.70. The van der Waals surface area contributed by atoms with Crippen LogP contribution in [0.4, 0.5) is 5.69 Å². The summed E-state index contributed by atoms with van der Waals surface area (Å²) in [4.78, 5) is -0.150. The SMILES string of the molecule is O=S(=O)(Nc1cc(Cl)ccc1O)c1ccc(Cl)cc1Cl. The molecule has 0 fully saturated rings. The predicted octanol–water partition coefficient (Wildman–Crippen LogP) is 4.15. The monoisotopic (exact) mass is 351 g/mol. The van der Waals surface area contributed by atoms with Gasteiger partial charge in [-0.3, -0.25) is 4.72 Å². The van der Waals surface area contributed by atoms with Crippen molar-refractivity contribution < 1.29 is 13.5 Å². The molecule has 0 amide bonds. The molecule has 106 valence electrons. The van der Waals surface area contributed by atoms with E-state index in [4.69, 9.17) is 34.8 Å². The number of phenols is 1. The number of hydrogen-bond donors (Lipinski definition) is 2. The van der Waals surface area contributed by atoms with Gasteiger partial charge in [0.25, 0.3) is 10.0 Å². The maximum Gasteiger partial charge on any atom is 0.263 e. The lowest BCUT2D eigenvalue weighted by Crippen LogP contribution is -2.13. The molecule has 0 unspecified atom stereocenters. The smallest absolute Gasteiger partial charge is 0.263 e. The lowest BCUT2D eigenvalue weighted by atomic mass is 10.3. The number of nitrogens with one attached hydrogen (secondary N) is 1. The summed E-state index contributed by atoms with van der Waals surface area (Å²) >= 11 is 17.3. The highest BCUT2D eigenvalue weighted by Gasteiger charge is 2.19. The number of rotatable bonds is 3. The fourth-order valence-corrected chi connectivity index (χ4v) is 3.49. The van der Waals surface area contributed by atoms with Crippen LogP contribution in [-0.2, 0) is 10.0 Å². The second kappa shape index (κ2) is 5.69. The summed E-state index contributed by atoms with van der Waals surface area (Å²) in [6.45, 7) is 0. The van der Waals surface area contributed by atoms with E-state index in [1.165, 1.54) is 36.4 Å². The van der Waals surface area contributed by atoms with Gasteiger partial charge in [0, 0.05) is 10.0 Å². The highest BCUT2D eigenvalue weighted by molar-refractivity contribution is 7.92. The molecule has 0 spiro atoms. The largest absolute Gasteiger partial charge is 0.506 e. The highest BCUT2D eigenvalue weighted by atomic mass is 35.5. The van der Waals surface area contributed by atoms with E-state index in [1.54, 1.807) is 0 Å². The molecule has 0 bridgehead atoms. The van der Waals surface area contributed by atoms with Gasteiger partial charge >= 0.3 is 0 Å². The van der Waals surface area contributed by atoms with Crippen LogP contribution in [-0.4, -0.2) is 13.5 Å². The summed E-state index contributed by atoms with van der Waals surface area (Å²) in [7, 11) is -3.96. The molecule has 0 atom stereocenters. The number of benzene rings is 2. The third kappa shape index (κ3) is 3.30. The van der Waals surface area contributed by atoms with Crippen molar-refractivity contribution in [2.24, 2.45) is 0 Å². The topological polar surface area (TPSA) is 66.4 Å². The average molecular weight is 353 g/mol. The number of hydrogen-bond acceptors (Lipinski definition) is 3. The molecule has 4 nitrogen and oxygen atoms in total. The summed E-state index contributed by atoms with van der Waals surface area (Å²) in [5, 5.41) is 10.2. The van der Waals surface area contributed by atoms with E-state index < -0.39 is 10.0 Å². The van der Waals surface area contributed by atoms with E-state index in [0.717, 1.165) is 0 Å². The molecule has 8 heteroatoms. The Morgan fingerprint density at radius 1 is 0.950 bits per heavy atom. The van der Waals surface area contributed by atoms with Gasteiger partial charge < -0.3 is 5.11 Å². The van der Waals surface area contributed by atoms with Crippen molar-refractivity contribution in [1.29, 1.82) is 0 Å². The Labute approximate surface area is 131 Å². The van der Waals surface area contributed by atoms with Gasteiger partial charge in [0.05, 0.1) is 10.7 Å². The molecule has 0 saturated carbocycles. The minimum absolute atomic E-state index is 0.0217. The van der Waals surface area contributed by atoms with Crippen LogP contribution in [0.25, 0.3) is 0 Å². The van der Waals surface area contributed by atoms with Crippen molar-refractivity contribution in [2.45, 2.75) is 4.90 Å². The van der Waals surface area contributed by atoms with Crippen molar-refractivity contribution in [3.63, 3.8) is 0 Å². The van der Waals surface area contributed by atoms with Gasteiger partial charge in [-0.25, -0.2) is 8.42 Å². The fourth-order valence-electron chi connectivity index (χ4n) is 1.48. The minimum Gasteiger partial charge on any atom is -0.506 e. The number of phenolic OH excluding ortho intramolecular Hbond substituents is 1. The van der Waals surface area contributed by atoms with Crippen LogP contribution in [0.3, 0.4) is 0 Å². The first-order chi connectivity index (χ1) is 9.29. The number of halogens is 3. The van der Waals surface area contributed by atoms with Crippen molar-refractivity contribution >= 4 is 50.5 Å². The molecule has 0 aliphatic heterocycles. The first kappa shape index (κ1) is 15.3. The Morgan fingerprint density at radius 2 is 1.55 bits per heavy atom. The zero-order valence-electron chi connectivity index (χ0n) is 9.77. The van der Waals surface area contributed by atoms with Crippen LogP contribution in [0.2, 0.25) is 15.1 Å². The van der Waals surface area contributed by atoms with E-state index in [2.05, 4.69) is 4.72 Å². The first-order valence-corrected chi connectivity index (χ1v) is 7.88. The zero-order valence-corrected chi connectivity index (χ0v) is 12.9. The van der Waals surface area contributed by atoms with Crippen molar-refractivity contribution in [1.82, 2.24) is 0 Å². The van der Waals surface area contributed by atoms with Crippen LogP contribution < -0.4 is 4.72 Å². The molecule has 0 saturated heterocycles. The molecule has 0 radical (unpaired) electrons. The molecule has 2 rings (SSSR count). The molecule has 0 aliphatic carbocycles. The lowest BCUT2D eigenvalue weighted by Gasteiger charge is -2.11. The Morgan fingerprint density at radius 3 is 2.20 bits per heavy atom. The molecule has 2 aromatic carbocycles. The summed E-state index contributed by atoms with van der Waals surface area (Å²) in [5.74, 6) is -0.247. The van der Waals surface area contributed by atoms with Crippen molar-refractivity contribution in [3.8, 4) is 5.75 Å². The number of aromatic hydroxyl groups is 1. The van der Waals surface area contributed by atoms with Gasteiger partial charge in [0.15, 0.2) is 0 Å². The molecule has 0 aromatic heterocycles. The van der Waals surface area contributed by atoms with Gasteiger partial charge in [-0.05, 0) is 36.4 Å². The zero-order chi connectivity index (χ0) is 14.9. The van der Waals surface area contributed by atoms with Gasteiger partial charge in [0.2, 0.25) is 0 Å². The van der Waals surface area contributed by atoms with Crippen LogP contribution in [0.1, 0.15) is 0 Å². The van der Waals surface area contributed by atoms with Gasteiger partial charge in [0.1, 0.15) is 10.6 Å². The summed E-state index contributed by atoms with van der Waals surface area (Å²) in [6.07, 6.45) is 0. The average Bonchev–Trinajstić information content (AvgIpc) is 2.33. The summed E-state index contributed by atoms with van der Waals surface area (Å²) in [5.41, 5.74) is -0.0384. The Hall–Kier alpha value is -1.14. The summed E-state index contributed by atoms with van der Waals surface area (Å²) < 4.78 is 26.6. The van der Waals surface area contributed by atoms with Gasteiger partial charge in [-0.1, -0.05) is 34.8 Å². The molecular weight excluding hydrogens is 345 g/mol. The van der Waals surface area contributed by atoms with Gasteiger partial charge in [-0.2, -0.15) is 0 Å². The van der Waals surface area contributed by atoms with Crippen LogP contribution >= 0.6 is 34.8 Å². The molecule has 20 heavy (non-hydrogen) atoms. The molecule has 0 heterocycles. The molecule has 2 aromatic rings. The number of sulfonamides is 1. The number of anilines is 1. The van der Waals surface area contributed by atoms with E-state index in [-0.39, 0.29) is 26.4 Å². The second-order valence-corrected chi connectivity index (χ2v) is 6.77. The summed E-state index contributed by atoms with van der Waals surface area (Å²) in [6, 6.07) is 8.00. The normalized spacial score (nSPS) is 11.3. The minimum atomic E-state index is -3.96. The molecule has 0 aliphatic rings. The van der Waals surface area contributed by atoms with Crippen molar-refractivity contribution in [2.75, 3.05) is 4.72 Å². The van der Waals surface area contributed by atoms with Crippen molar-refractivity contribution in [3.05, 3.63) is 51.5 Å². The second-order valence-electron chi connectivity index (χ2n) is 3.84. The standard InChI is InChI=1S/C12H8Cl3NO3S/c13-7-2-4-12(9(15)5-7)20(18,19)16-10-6-8(14)1-3-11(10)17/h1-6,16-17H. The maximum atomic E-state index is 12.2. The Bertz CT molecular complexity index is 763. The Kier molecular flexibility index (Phi) is 4.34. The van der Waals surface area contributed by atoms with E-state index >= 15 is 0 Å². The lowest BCUT2D eigenvalue weighted by molar-refractivity contribution is 0.477. The predicted molar refractivity (Wildman–Crippen MR) is 80.4 cm³/mol. The van der Waals surface area contributed by atoms with Gasteiger partial charge in [-0.15, -0.1) is 0 Å². The Balaban J connectivity index is 2.43. The van der Waals surface area contributed by atoms with Crippen LogP contribution in [0, 0.1) is 0 Å².